The van der Waals surface area contributed by atoms with Gasteiger partial charge in [-0.05, 0) is 124 Å². The molecular weight excluding hydrogens is 738 g/mol. The summed E-state index contributed by atoms with van der Waals surface area (Å²) >= 11 is 7.77. The minimum absolute atomic E-state index is 0.113. The predicted molar refractivity (Wildman–Crippen MR) is 155 cm³/mol. The third kappa shape index (κ3) is 5.78. The number of barbiturate groups is 1. The molecule has 0 aromatic heterocycles. The summed E-state index contributed by atoms with van der Waals surface area (Å²) in [5.41, 5.74) is 3.97. The van der Waals surface area contributed by atoms with Gasteiger partial charge in [0.25, 0.3) is 11.8 Å². The largest absolute Gasteiger partial charge is 0.487 e. The molecule has 0 radical (unpaired) electrons. The first-order chi connectivity index (χ1) is 16.6. The van der Waals surface area contributed by atoms with Crippen LogP contribution in [0.1, 0.15) is 22.3 Å². The van der Waals surface area contributed by atoms with Crippen molar-refractivity contribution in [2.75, 3.05) is 4.90 Å². The molecule has 1 heterocycles. The molecule has 0 spiro atoms. The molecule has 0 bridgehead atoms. The van der Waals surface area contributed by atoms with Crippen molar-refractivity contribution in [1.82, 2.24) is 5.32 Å². The SMILES string of the molecule is Cc1ccc(N2C(=O)NC(=O)/C(=C\c3cc(I)c(OCc4ccc(Br)cc4)c(I)c3)C2=O)cc1C. The first-order valence-electron chi connectivity index (χ1n) is 10.5. The zero-order chi connectivity index (χ0) is 25.3. The Balaban J connectivity index is 1.61. The van der Waals surface area contributed by atoms with Crippen LogP contribution in [0.15, 0.2) is 64.6 Å². The van der Waals surface area contributed by atoms with Gasteiger partial charge in [-0.25, -0.2) is 9.69 Å². The smallest absolute Gasteiger partial charge is 0.335 e. The average Bonchev–Trinajstić information content (AvgIpc) is 2.79. The van der Waals surface area contributed by atoms with Gasteiger partial charge in [0.05, 0.1) is 12.8 Å². The predicted octanol–water partition coefficient (Wildman–Crippen LogP) is 6.52. The summed E-state index contributed by atoms with van der Waals surface area (Å²) in [5.74, 6) is -0.661. The third-order valence-electron chi connectivity index (χ3n) is 5.48. The van der Waals surface area contributed by atoms with Crippen LogP contribution in [0, 0.1) is 21.0 Å². The minimum Gasteiger partial charge on any atom is -0.487 e. The van der Waals surface area contributed by atoms with Gasteiger partial charge in [-0.15, -0.1) is 0 Å². The van der Waals surface area contributed by atoms with Crippen LogP contribution in [0.2, 0.25) is 0 Å². The maximum absolute atomic E-state index is 13.2. The molecule has 0 aliphatic carbocycles. The monoisotopic (exact) mass is 756 g/mol. The summed E-state index contributed by atoms with van der Waals surface area (Å²) in [5, 5.41) is 2.27. The van der Waals surface area contributed by atoms with E-state index in [1.54, 1.807) is 12.1 Å². The number of rotatable bonds is 5. The van der Waals surface area contributed by atoms with E-state index in [-0.39, 0.29) is 5.57 Å². The molecule has 1 aliphatic rings. The molecule has 3 aromatic rings. The molecule has 0 unspecified atom stereocenters. The average molecular weight is 757 g/mol. The van der Waals surface area contributed by atoms with E-state index in [0.717, 1.165) is 39.0 Å². The maximum Gasteiger partial charge on any atom is 0.335 e. The fraction of sp³-hybridized carbons (Fsp3) is 0.115. The number of hydrogen-bond donors (Lipinski definition) is 1. The van der Waals surface area contributed by atoms with Crippen LogP contribution < -0.4 is 15.0 Å². The van der Waals surface area contributed by atoms with Crippen LogP contribution in [0.25, 0.3) is 6.08 Å². The van der Waals surface area contributed by atoms with Gasteiger partial charge in [-0.1, -0.05) is 34.1 Å². The van der Waals surface area contributed by atoms with Crippen LogP contribution in [0.3, 0.4) is 0 Å². The van der Waals surface area contributed by atoms with Crippen molar-refractivity contribution < 1.29 is 19.1 Å². The second kappa shape index (κ2) is 10.8. The van der Waals surface area contributed by atoms with Gasteiger partial charge in [-0.2, -0.15) is 0 Å². The van der Waals surface area contributed by atoms with Crippen molar-refractivity contribution in [1.29, 1.82) is 0 Å². The minimum atomic E-state index is -0.763. The molecule has 4 amide bonds. The maximum atomic E-state index is 13.2. The van der Waals surface area contributed by atoms with Crippen LogP contribution in [0.4, 0.5) is 10.5 Å². The van der Waals surface area contributed by atoms with E-state index in [9.17, 15) is 14.4 Å². The summed E-state index contributed by atoms with van der Waals surface area (Å²) in [6, 6.07) is 16.1. The highest BCUT2D eigenvalue weighted by Gasteiger charge is 2.37. The van der Waals surface area contributed by atoms with Crippen LogP contribution in [-0.2, 0) is 16.2 Å². The Kier molecular flexibility index (Phi) is 7.96. The summed E-state index contributed by atoms with van der Waals surface area (Å²) in [6.45, 7) is 4.26. The molecule has 35 heavy (non-hydrogen) atoms. The lowest BCUT2D eigenvalue weighted by Gasteiger charge is -2.27. The van der Waals surface area contributed by atoms with Crippen LogP contribution >= 0.6 is 61.1 Å². The van der Waals surface area contributed by atoms with Gasteiger partial charge in [0.1, 0.15) is 17.9 Å². The standard InChI is InChI=1S/C26H19BrI2N2O4/c1-14-3-8-19(9-15(14)2)31-25(33)20(24(32)30-26(31)34)10-17-11-21(28)23(22(29)12-17)35-13-16-4-6-18(27)7-5-16/h3-12H,13H2,1-2H3,(H,30,32,34)/b20-10+. The molecule has 4 rings (SSSR count). The number of imide groups is 2. The van der Waals surface area contributed by atoms with E-state index in [0.29, 0.717) is 17.9 Å². The van der Waals surface area contributed by atoms with E-state index < -0.39 is 17.8 Å². The van der Waals surface area contributed by atoms with Gasteiger partial charge in [0, 0.05) is 4.47 Å². The lowest BCUT2D eigenvalue weighted by molar-refractivity contribution is -0.122. The summed E-state index contributed by atoms with van der Waals surface area (Å²) in [4.78, 5) is 39.3. The molecule has 9 heteroatoms. The Hall–Kier alpha value is -2.25. The molecule has 1 aliphatic heterocycles. The molecule has 6 nitrogen and oxygen atoms in total. The lowest BCUT2D eigenvalue weighted by Crippen LogP contribution is -2.54. The molecule has 1 N–H and O–H groups in total. The van der Waals surface area contributed by atoms with Gasteiger partial charge in [-0.3, -0.25) is 14.9 Å². The number of benzene rings is 3. The summed E-state index contributed by atoms with van der Waals surface area (Å²) in [7, 11) is 0. The number of carbonyl (C=O) groups excluding carboxylic acids is 3. The number of urea groups is 1. The molecule has 3 aromatic carbocycles. The van der Waals surface area contributed by atoms with E-state index in [1.807, 2.05) is 56.3 Å². The fourth-order valence-corrected chi connectivity index (χ4v) is 5.85. The number of hydrogen-bond acceptors (Lipinski definition) is 4. The number of aryl methyl sites for hydroxylation is 2. The van der Waals surface area contributed by atoms with Crippen LogP contribution in [0.5, 0.6) is 5.75 Å². The molecule has 178 valence electrons. The zero-order valence-corrected chi connectivity index (χ0v) is 24.6. The van der Waals surface area contributed by atoms with E-state index >= 15 is 0 Å². The van der Waals surface area contributed by atoms with Crippen molar-refractivity contribution in [2.24, 2.45) is 0 Å². The first-order valence-corrected chi connectivity index (χ1v) is 13.4. The molecular formula is C26H19BrI2N2O4. The van der Waals surface area contributed by atoms with Gasteiger partial charge < -0.3 is 4.74 Å². The second-order valence-corrected chi connectivity index (χ2v) is 11.2. The third-order valence-corrected chi connectivity index (χ3v) is 7.61. The van der Waals surface area contributed by atoms with Crippen molar-refractivity contribution in [3.63, 3.8) is 0 Å². The highest BCUT2D eigenvalue weighted by atomic mass is 127. The van der Waals surface area contributed by atoms with Crippen molar-refractivity contribution in [2.45, 2.75) is 20.5 Å². The Bertz CT molecular complexity index is 1360. The lowest BCUT2D eigenvalue weighted by atomic mass is 10.1. The highest BCUT2D eigenvalue weighted by Crippen LogP contribution is 2.31. The Morgan fingerprint density at radius 1 is 0.943 bits per heavy atom. The van der Waals surface area contributed by atoms with Crippen LogP contribution in [-0.4, -0.2) is 17.8 Å². The fourth-order valence-electron chi connectivity index (χ4n) is 3.46. The van der Waals surface area contributed by atoms with Crippen molar-refractivity contribution in [3.8, 4) is 5.75 Å². The first kappa shape index (κ1) is 25.8. The molecule has 0 saturated carbocycles. The van der Waals surface area contributed by atoms with Crippen molar-refractivity contribution in [3.05, 3.63) is 94.0 Å². The van der Waals surface area contributed by atoms with Gasteiger partial charge >= 0.3 is 6.03 Å². The number of amides is 4. The summed E-state index contributed by atoms with van der Waals surface area (Å²) < 4.78 is 8.72. The van der Waals surface area contributed by atoms with Gasteiger partial charge in [0.2, 0.25) is 0 Å². The normalized spacial score (nSPS) is 14.9. The highest BCUT2D eigenvalue weighted by molar-refractivity contribution is 14.1. The number of nitrogens with one attached hydrogen (secondary N) is 1. The van der Waals surface area contributed by atoms with E-state index in [2.05, 4.69) is 66.4 Å². The molecule has 0 atom stereocenters. The Morgan fingerprint density at radius 2 is 1.60 bits per heavy atom. The molecule has 1 fully saturated rings. The number of nitrogens with zero attached hydrogens (tertiary/aromatic N) is 1. The zero-order valence-electron chi connectivity index (χ0n) is 18.7. The molecule has 1 saturated heterocycles. The number of halogens is 3. The number of anilines is 1. The summed E-state index contributed by atoms with van der Waals surface area (Å²) in [6.07, 6.45) is 1.50. The second-order valence-electron chi connectivity index (χ2n) is 7.96. The van der Waals surface area contributed by atoms with E-state index in [4.69, 9.17) is 4.74 Å². The Morgan fingerprint density at radius 3 is 2.23 bits per heavy atom. The quantitative estimate of drug-likeness (QED) is 0.183. The van der Waals surface area contributed by atoms with E-state index in [1.165, 1.54) is 6.08 Å². The number of carbonyl (C=O) groups is 3. The topological polar surface area (TPSA) is 75.7 Å². The van der Waals surface area contributed by atoms with Crippen molar-refractivity contribution >= 4 is 90.7 Å². The Labute approximate surface area is 238 Å². The number of ether oxygens (including phenoxy) is 1. The van der Waals surface area contributed by atoms with Gasteiger partial charge in [0.15, 0.2) is 0 Å².